The summed E-state index contributed by atoms with van der Waals surface area (Å²) in [6, 6.07) is 2.62. The molecule has 0 amide bonds. The molecule has 0 aromatic carbocycles. The van der Waals surface area contributed by atoms with Gasteiger partial charge in [-0.1, -0.05) is 5.11 Å². The molecule has 0 saturated heterocycles. The van der Waals surface area contributed by atoms with Crippen LogP contribution in [0, 0.1) is 10.1 Å². The lowest BCUT2D eigenvalue weighted by molar-refractivity contribution is -0.402. The lowest BCUT2D eigenvalue weighted by Crippen LogP contribution is -1.82. The minimum atomic E-state index is -0.648. The molecule has 0 atom stereocenters. The van der Waals surface area contributed by atoms with Crippen LogP contribution < -0.4 is 0 Å². The number of hydrogen-bond donors (Lipinski definition) is 0. The van der Waals surface area contributed by atoms with Gasteiger partial charge in [0.2, 0.25) is 0 Å². The Labute approximate surface area is 72.1 Å². The largest absolute Gasteiger partial charge is 0.433 e. The normalized spacial score (nSPS) is 9.85. The molecule has 0 fully saturated rings. The van der Waals surface area contributed by atoms with E-state index in [1.165, 1.54) is 18.2 Å². The van der Waals surface area contributed by atoms with Crippen LogP contribution in [0.3, 0.4) is 0 Å². The molecular formula is C6H4N4O3. The van der Waals surface area contributed by atoms with Crippen LogP contribution in [0.2, 0.25) is 0 Å². The maximum atomic E-state index is 10.1. The fourth-order valence-electron chi connectivity index (χ4n) is 0.667. The van der Waals surface area contributed by atoms with Gasteiger partial charge in [0, 0.05) is 11.1 Å². The van der Waals surface area contributed by atoms with Crippen LogP contribution in [0.5, 0.6) is 0 Å². The molecule has 0 bridgehead atoms. The average molecular weight is 180 g/mol. The van der Waals surface area contributed by atoms with Gasteiger partial charge < -0.3 is 4.42 Å². The Hall–Kier alpha value is -2.27. The molecule has 0 spiro atoms. The first-order chi connectivity index (χ1) is 6.24. The first-order valence-electron chi connectivity index (χ1n) is 3.19. The first kappa shape index (κ1) is 8.82. The molecule has 0 unspecified atom stereocenters. The Bertz CT molecular complexity index is 388. The highest BCUT2D eigenvalue weighted by atomic mass is 16.6. The van der Waals surface area contributed by atoms with Crippen molar-refractivity contribution in [2.75, 3.05) is 0 Å². The van der Waals surface area contributed by atoms with Crippen LogP contribution in [0.4, 0.5) is 5.88 Å². The second-order valence-electron chi connectivity index (χ2n) is 1.95. The summed E-state index contributed by atoms with van der Waals surface area (Å²) in [5.41, 5.74) is 7.91. The highest BCUT2D eigenvalue weighted by molar-refractivity contribution is 5.44. The maximum absolute atomic E-state index is 10.1. The van der Waals surface area contributed by atoms with E-state index >= 15 is 0 Å². The van der Waals surface area contributed by atoms with Crippen LogP contribution in [-0.2, 0) is 0 Å². The van der Waals surface area contributed by atoms with Gasteiger partial charge in [0.15, 0.2) is 0 Å². The summed E-state index contributed by atoms with van der Waals surface area (Å²) in [6.07, 6.45) is 2.47. The number of nitrogens with zero attached hydrogens (tertiary/aromatic N) is 4. The molecule has 0 saturated carbocycles. The van der Waals surface area contributed by atoms with Crippen molar-refractivity contribution >= 4 is 12.0 Å². The topological polar surface area (TPSA) is 105 Å². The number of furan rings is 1. The van der Waals surface area contributed by atoms with Crippen molar-refractivity contribution in [3.8, 4) is 0 Å². The fraction of sp³-hybridized carbons (Fsp3) is 0. The Morgan fingerprint density at radius 2 is 2.46 bits per heavy atom. The Morgan fingerprint density at radius 3 is 3.00 bits per heavy atom. The molecule has 0 aliphatic rings. The highest BCUT2D eigenvalue weighted by Crippen LogP contribution is 2.16. The fourth-order valence-corrected chi connectivity index (χ4v) is 0.667. The van der Waals surface area contributed by atoms with E-state index in [2.05, 4.69) is 10.0 Å². The summed E-state index contributed by atoms with van der Waals surface area (Å²) in [4.78, 5) is 12.0. The van der Waals surface area contributed by atoms with Crippen LogP contribution in [-0.4, -0.2) is 4.92 Å². The van der Waals surface area contributed by atoms with E-state index in [0.29, 0.717) is 0 Å². The molecule has 1 aromatic rings. The van der Waals surface area contributed by atoms with Gasteiger partial charge in [0.25, 0.3) is 0 Å². The average Bonchev–Trinajstić information content (AvgIpc) is 2.53. The molecule has 7 heteroatoms. The van der Waals surface area contributed by atoms with E-state index in [1.54, 1.807) is 0 Å². The highest BCUT2D eigenvalue weighted by Gasteiger charge is 2.09. The molecule has 1 heterocycles. The summed E-state index contributed by atoms with van der Waals surface area (Å²) >= 11 is 0. The Balaban J connectivity index is 2.80. The lowest BCUT2D eigenvalue weighted by atomic mass is 10.4. The number of rotatable bonds is 3. The van der Waals surface area contributed by atoms with Crippen molar-refractivity contribution in [2.45, 2.75) is 0 Å². The van der Waals surface area contributed by atoms with Crippen molar-refractivity contribution in [2.24, 2.45) is 5.11 Å². The zero-order chi connectivity index (χ0) is 9.68. The van der Waals surface area contributed by atoms with Gasteiger partial charge in [-0.2, -0.15) is 0 Å². The molecule has 13 heavy (non-hydrogen) atoms. The van der Waals surface area contributed by atoms with E-state index in [9.17, 15) is 10.1 Å². The molecular weight excluding hydrogens is 176 g/mol. The zero-order valence-corrected chi connectivity index (χ0v) is 6.32. The lowest BCUT2D eigenvalue weighted by Gasteiger charge is -1.81. The van der Waals surface area contributed by atoms with E-state index < -0.39 is 4.92 Å². The predicted molar refractivity (Wildman–Crippen MR) is 43.5 cm³/mol. The molecule has 0 aliphatic heterocycles. The van der Waals surface area contributed by atoms with Crippen molar-refractivity contribution in [1.82, 2.24) is 0 Å². The van der Waals surface area contributed by atoms with Gasteiger partial charge in [0.1, 0.15) is 10.7 Å². The molecule has 0 N–H and O–H groups in total. The summed E-state index contributed by atoms with van der Waals surface area (Å²) in [5, 5.41) is 13.2. The summed E-state index contributed by atoms with van der Waals surface area (Å²) in [5.74, 6) is -0.0836. The van der Waals surface area contributed by atoms with Gasteiger partial charge in [0.05, 0.1) is 6.07 Å². The van der Waals surface area contributed by atoms with Gasteiger partial charge in [-0.15, -0.1) is 0 Å². The van der Waals surface area contributed by atoms with E-state index in [4.69, 9.17) is 9.95 Å². The summed E-state index contributed by atoms with van der Waals surface area (Å²) in [6.45, 7) is 0. The Kier molecular flexibility index (Phi) is 2.67. The minimum absolute atomic E-state index is 0.263. The van der Waals surface area contributed by atoms with Crippen molar-refractivity contribution in [1.29, 1.82) is 0 Å². The van der Waals surface area contributed by atoms with E-state index in [0.717, 1.165) is 6.20 Å². The molecule has 1 rings (SSSR count). The maximum Gasteiger partial charge on any atom is 0.433 e. The summed E-state index contributed by atoms with van der Waals surface area (Å²) in [7, 11) is 0. The van der Waals surface area contributed by atoms with E-state index in [-0.39, 0.29) is 11.6 Å². The number of hydrogen-bond acceptors (Lipinski definition) is 4. The van der Waals surface area contributed by atoms with Gasteiger partial charge >= 0.3 is 5.88 Å². The molecule has 0 radical (unpaired) electrons. The van der Waals surface area contributed by atoms with Crippen molar-refractivity contribution in [3.05, 3.63) is 44.7 Å². The van der Waals surface area contributed by atoms with Crippen molar-refractivity contribution in [3.63, 3.8) is 0 Å². The monoisotopic (exact) mass is 180 g/mol. The smallest absolute Gasteiger partial charge is 0.401 e. The Morgan fingerprint density at radius 1 is 1.69 bits per heavy atom. The second-order valence-corrected chi connectivity index (χ2v) is 1.95. The predicted octanol–water partition coefficient (Wildman–Crippen LogP) is 2.47. The van der Waals surface area contributed by atoms with Gasteiger partial charge in [-0.05, 0) is 17.7 Å². The van der Waals surface area contributed by atoms with Gasteiger partial charge in [-0.3, -0.25) is 10.1 Å². The quantitative estimate of drug-likeness (QED) is 0.234. The third kappa shape index (κ3) is 2.35. The number of nitro groups is 1. The molecule has 66 valence electrons. The van der Waals surface area contributed by atoms with Gasteiger partial charge in [-0.25, -0.2) is 0 Å². The van der Waals surface area contributed by atoms with Crippen LogP contribution in [0.25, 0.3) is 16.5 Å². The minimum Gasteiger partial charge on any atom is -0.401 e. The molecule has 7 nitrogen and oxygen atoms in total. The zero-order valence-electron chi connectivity index (χ0n) is 6.32. The third-order valence-electron chi connectivity index (χ3n) is 1.15. The van der Waals surface area contributed by atoms with Crippen molar-refractivity contribution < 1.29 is 9.34 Å². The van der Waals surface area contributed by atoms with Crippen LogP contribution in [0.15, 0.2) is 27.9 Å². The van der Waals surface area contributed by atoms with Crippen LogP contribution >= 0.6 is 0 Å². The number of azide groups is 1. The standard InChI is InChI=1S/C6H4N4O3/c7-9-8-4-3-5-1-2-6(13-5)10(11)12/h1-4H/b4-3+. The van der Waals surface area contributed by atoms with Crippen LogP contribution in [0.1, 0.15) is 5.76 Å². The third-order valence-corrected chi connectivity index (χ3v) is 1.15. The van der Waals surface area contributed by atoms with E-state index in [1.807, 2.05) is 0 Å². The summed E-state index contributed by atoms with van der Waals surface area (Å²) < 4.78 is 4.72. The molecule has 0 aliphatic carbocycles. The molecule has 1 aromatic heterocycles. The first-order valence-corrected chi connectivity index (χ1v) is 3.19. The second kappa shape index (κ2) is 3.93. The SMILES string of the molecule is [N-]=[N+]=N/C=C/c1ccc([N+](=O)[O-])o1.